The third kappa shape index (κ3) is 8.03. The molecule has 208 valence electrons. The van der Waals surface area contributed by atoms with Crippen LogP contribution in [0.3, 0.4) is 0 Å². The van der Waals surface area contributed by atoms with Crippen LogP contribution in [-0.2, 0) is 5.41 Å². The van der Waals surface area contributed by atoms with Crippen LogP contribution in [0.2, 0.25) is 0 Å². The van der Waals surface area contributed by atoms with Crippen molar-refractivity contribution in [2.75, 3.05) is 0 Å². The smallest absolute Gasteiger partial charge is 0.292 e. The van der Waals surface area contributed by atoms with Crippen molar-refractivity contribution in [3.05, 3.63) is 119 Å². The normalized spacial score (nSPS) is 10.0. The third-order valence-corrected chi connectivity index (χ3v) is 6.78. The molecular formula is C34H28N4O4. The molecule has 4 rings (SSSR count). The van der Waals surface area contributed by atoms with E-state index in [1.54, 1.807) is 73.6 Å². The first-order chi connectivity index (χ1) is 20.4. The van der Waals surface area contributed by atoms with Crippen LogP contribution in [0.4, 0.5) is 0 Å². The monoisotopic (exact) mass is 556 g/mol. The second-order valence-electron chi connectivity index (χ2n) is 9.55. The van der Waals surface area contributed by atoms with E-state index in [0.29, 0.717) is 23.0 Å². The van der Waals surface area contributed by atoms with Gasteiger partial charge >= 0.3 is 0 Å². The third-order valence-electron chi connectivity index (χ3n) is 6.78. The Bertz CT molecular complexity index is 1480. The van der Waals surface area contributed by atoms with Crippen molar-refractivity contribution < 1.29 is 18.9 Å². The van der Waals surface area contributed by atoms with Crippen LogP contribution < -0.4 is 18.9 Å². The molecule has 0 N–H and O–H groups in total. The van der Waals surface area contributed by atoms with Gasteiger partial charge in [-0.05, 0) is 77.2 Å². The van der Waals surface area contributed by atoms with Crippen LogP contribution in [0.15, 0.2) is 97.1 Å². The maximum atomic E-state index is 8.49. The Kier molecular flexibility index (Phi) is 10.9. The lowest BCUT2D eigenvalue weighted by molar-refractivity contribution is 0.505. The van der Waals surface area contributed by atoms with Gasteiger partial charge in [0.1, 0.15) is 23.0 Å². The average Bonchev–Trinajstić information content (AvgIpc) is 3.01. The summed E-state index contributed by atoms with van der Waals surface area (Å²) in [6.07, 6.45) is 7.56. The fraction of sp³-hybridized carbons (Fsp3) is 0.176. The van der Waals surface area contributed by atoms with Crippen LogP contribution in [0, 0.1) is 46.1 Å². The van der Waals surface area contributed by atoms with Gasteiger partial charge in [-0.3, -0.25) is 0 Å². The van der Waals surface area contributed by atoms with Gasteiger partial charge in [0.15, 0.2) is 0 Å². The van der Waals surface area contributed by atoms with E-state index < -0.39 is 0 Å². The largest absolute Gasteiger partial charge is 0.388 e. The van der Waals surface area contributed by atoms with Crippen LogP contribution in [-0.4, -0.2) is 0 Å². The molecule has 4 aromatic carbocycles. The van der Waals surface area contributed by atoms with Gasteiger partial charge in [-0.25, -0.2) is 0 Å². The Labute approximate surface area is 245 Å². The highest BCUT2D eigenvalue weighted by atomic mass is 16.5. The van der Waals surface area contributed by atoms with Crippen LogP contribution in [0.1, 0.15) is 55.4 Å². The maximum Gasteiger partial charge on any atom is 0.292 e. The highest BCUT2D eigenvalue weighted by molar-refractivity contribution is 5.42. The Morgan fingerprint density at radius 3 is 1.00 bits per heavy atom. The minimum atomic E-state index is -0.212. The number of benzene rings is 4. The lowest BCUT2D eigenvalue weighted by atomic mass is 9.78. The molecule has 0 amide bonds. The van der Waals surface area contributed by atoms with Gasteiger partial charge in [-0.1, -0.05) is 69.3 Å². The fourth-order valence-electron chi connectivity index (χ4n) is 4.46. The van der Waals surface area contributed by atoms with Gasteiger partial charge < -0.3 is 18.9 Å². The molecule has 0 bridgehead atoms. The van der Waals surface area contributed by atoms with Gasteiger partial charge in [0.25, 0.3) is 25.0 Å². The summed E-state index contributed by atoms with van der Waals surface area (Å²) in [7, 11) is 0. The number of ether oxygens (including phenoxy) is 4. The zero-order valence-corrected chi connectivity index (χ0v) is 23.4. The van der Waals surface area contributed by atoms with Gasteiger partial charge in [0, 0.05) is 11.3 Å². The molecule has 0 heterocycles. The zero-order valence-electron chi connectivity index (χ0n) is 23.4. The lowest BCUT2D eigenvalue weighted by Gasteiger charge is -2.26. The predicted molar refractivity (Wildman–Crippen MR) is 155 cm³/mol. The summed E-state index contributed by atoms with van der Waals surface area (Å²) in [4.78, 5) is 0. The van der Waals surface area contributed by atoms with E-state index in [-0.39, 0.29) is 11.3 Å². The molecule has 0 radical (unpaired) electrons. The molecule has 42 heavy (non-hydrogen) atoms. The van der Waals surface area contributed by atoms with E-state index in [1.807, 2.05) is 48.5 Å². The van der Waals surface area contributed by atoms with E-state index in [1.165, 1.54) is 0 Å². The molecule has 0 saturated heterocycles. The molecule has 0 saturated carbocycles. The molecule has 4 aromatic rings. The zero-order chi connectivity index (χ0) is 30.4. The summed E-state index contributed by atoms with van der Waals surface area (Å²) in [5.41, 5.74) is 4.29. The lowest BCUT2D eigenvalue weighted by Crippen LogP contribution is -2.18. The first-order valence-corrected chi connectivity index (χ1v) is 13.0. The highest BCUT2D eigenvalue weighted by Gasteiger charge is 2.23. The van der Waals surface area contributed by atoms with Crippen molar-refractivity contribution in [2.45, 2.75) is 38.5 Å². The van der Waals surface area contributed by atoms with E-state index in [2.05, 4.69) is 20.8 Å². The van der Waals surface area contributed by atoms with Gasteiger partial charge in [0.05, 0.1) is 0 Å². The number of hydrogen-bond acceptors (Lipinski definition) is 8. The number of nitriles is 4. The molecule has 8 heteroatoms. The van der Waals surface area contributed by atoms with Crippen LogP contribution in [0.25, 0.3) is 0 Å². The molecule has 0 aliphatic heterocycles. The Hall–Kier alpha value is -5.96. The SMILES string of the molecule is CC(C)(c1ccc(OC#N)cc1)c1ccc(OC#N)cc1.CCC(c1ccc(OC#N)cc1)c1ccc(OC#N)cc1. The molecule has 0 aliphatic carbocycles. The topological polar surface area (TPSA) is 132 Å². The minimum absolute atomic E-state index is 0.212. The highest BCUT2D eigenvalue weighted by Crippen LogP contribution is 2.33. The first-order valence-electron chi connectivity index (χ1n) is 13.0. The predicted octanol–water partition coefficient (Wildman–Crippen LogP) is 7.68. The first kappa shape index (κ1) is 30.6. The quantitative estimate of drug-likeness (QED) is 0.192. The summed E-state index contributed by atoms with van der Waals surface area (Å²) in [5.74, 6) is 2.37. The van der Waals surface area contributed by atoms with Crippen molar-refractivity contribution in [1.82, 2.24) is 0 Å². The Morgan fingerprint density at radius 2 is 0.762 bits per heavy atom. The van der Waals surface area contributed by atoms with Gasteiger partial charge in [0.2, 0.25) is 0 Å². The molecule has 0 aliphatic rings. The van der Waals surface area contributed by atoms with Crippen LogP contribution >= 0.6 is 0 Å². The number of nitrogens with zero attached hydrogens (tertiary/aromatic N) is 4. The second kappa shape index (κ2) is 15.0. The van der Waals surface area contributed by atoms with Crippen molar-refractivity contribution in [1.29, 1.82) is 21.0 Å². The summed E-state index contributed by atoms with van der Waals surface area (Å²) < 4.78 is 19.1. The Morgan fingerprint density at radius 1 is 0.500 bits per heavy atom. The van der Waals surface area contributed by atoms with Crippen molar-refractivity contribution in [3.8, 4) is 48.0 Å². The molecule has 0 aromatic heterocycles. The molecule has 8 nitrogen and oxygen atoms in total. The summed E-state index contributed by atoms with van der Waals surface area (Å²) in [5, 5.41) is 33.9. The molecule has 0 fully saturated rings. The Balaban J connectivity index is 0.000000230. The minimum Gasteiger partial charge on any atom is -0.388 e. The molecule has 0 atom stereocenters. The molecule has 0 unspecified atom stereocenters. The number of hydrogen-bond donors (Lipinski definition) is 0. The van der Waals surface area contributed by atoms with Crippen molar-refractivity contribution in [3.63, 3.8) is 0 Å². The maximum absolute atomic E-state index is 8.49. The second-order valence-corrected chi connectivity index (χ2v) is 9.55. The standard InChI is InChI=1S/2C17H14N2O2/c1-17(2,13-3-7-15(8-4-13)20-11-18)14-5-9-16(10-6-14)21-12-19;1-2-17(13-3-7-15(8-4-13)20-11-18)14-5-9-16(10-6-14)21-12-19/h3-10H,1-2H3;3-10,17H,2H2,1H3. The molecule has 0 spiro atoms. The summed E-state index contributed by atoms with van der Waals surface area (Å²) in [6, 6.07) is 29.8. The van der Waals surface area contributed by atoms with Crippen molar-refractivity contribution in [2.24, 2.45) is 0 Å². The fourth-order valence-corrected chi connectivity index (χ4v) is 4.46. The van der Waals surface area contributed by atoms with E-state index in [9.17, 15) is 0 Å². The van der Waals surface area contributed by atoms with Crippen LogP contribution in [0.5, 0.6) is 23.0 Å². The average molecular weight is 557 g/mol. The summed E-state index contributed by atoms with van der Waals surface area (Å²) in [6.45, 7) is 6.32. The van der Waals surface area contributed by atoms with E-state index >= 15 is 0 Å². The molecular weight excluding hydrogens is 528 g/mol. The van der Waals surface area contributed by atoms with E-state index in [4.69, 9.17) is 40.0 Å². The van der Waals surface area contributed by atoms with Gasteiger partial charge in [-0.2, -0.15) is 0 Å². The number of rotatable bonds is 9. The summed E-state index contributed by atoms with van der Waals surface area (Å²) >= 11 is 0. The van der Waals surface area contributed by atoms with Gasteiger partial charge in [-0.15, -0.1) is 21.0 Å². The van der Waals surface area contributed by atoms with Crippen molar-refractivity contribution >= 4 is 0 Å². The van der Waals surface area contributed by atoms with E-state index in [0.717, 1.165) is 28.7 Å².